The second kappa shape index (κ2) is 10.8. The highest BCUT2D eigenvalue weighted by Gasteiger charge is 2.28. The van der Waals surface area contributed by atoms with Crippen molar-refractivity contribution >= 4 is 40.1 Å². The maximum Gasteiger partial charge on any atom is 0.246 e. The number of nitrogens with zero attached hydrogens (tertiary/aromatic N) is 5. The van der Waals surface area contributed by atoms with Crippen molar-refractivity contribution in [3.8, 4) is 11.3 Å². The molecule has 2 aromatic heterocycles. The van der Waals surface area contributed by atoms with E-state index in [-0.39, 0.29) is 17.7 Å². The van der Waals surface area contributed by atoms with E-state index in [4.69, 9.17) is 22.4 Å². The van der Waals surface area contributed by atoms with Crippen LogP contribution < -0.4 is 5.73 Å². The molecule has 9 heteroatoms. The minimum Gasteiger partial charge on any atom is -0.383 e. The number of hydrogen-bond donors (Lipinski definition) is 1. The summed E-state index contributed by atoms with van der Waals surface area (Å²) in [5.74, 6) is 0.370. The highest BCUT2D eigenvalue weighted by atomic mass is 35.5. The summed E-state index contributed by atoms with van der Waals surface area (Å²) in [6.07, 6.45) is 5.56. The van der Waals surface area contributed by atoms with Gasteiger partial charge in [-0.1, -0.05) is 42.4 Å². The summed E-state index contributed by atoms with van der Waals surface area (Å²) in [4.78, 5) is 35.5. The SMILES string of the molecule is C=CC(=O)N1CCCC(n2nc(-c3ccc(CCC(=O)c4ccc(Cl)cc4C)cc3)c3c(N)ncnc32)C1. The van der Waals surface area contributed by atoms with Crippen LogP contribution in [0.3, 0.4) is 0 Å². The van der Waals surface area contributed by atoms with E-state index in [9.17, 15) is 9.59 Å². The number of rotatable bonds is 7. The number of nitrogens with two attached hydrogens (primary N) is 1. The third kappa shape index (κ3) is 5.04. The van der Waals surface area contributed by atoms with Crippen molar-refractivity contribution in [1.29, 1.82) is 0 Å². The Morgan fingerprint density at radius 3 is 2.71 bits per heavy atom. The lowest BCUT2D eigenvalue weighted by molar-refractivity contribution is -0.127. The zero-order valence-electron chi connectivity index (χ0n) is 21.2. The van der Waals surface area contributed by atoms with Gasteiger partial charge in [-0.3, -0.25) is 9.59 Å². The topological polar surface area (TPSA) is 107 Å². The van der Waals surface area contributed by atoms with Crippen LogP contribution in [0.1, 0.15) is 46.8 Å². The second-order valence-electron chi connectivity index (χ2n) is 9.61. The van der Waals surface area contributed by atoms with Crippen LogP contribution >= 0.6 is 11.6 Å². The average Bonchev–Trinajstić information content (AvgIpc) is 3.33. The zero-order chi connectivity index (χ0) is 26.8. The Hall–Kier alpha value is -4.04. The Morgan fingerprint density at radius 1 is 1.18 bits per heavy atom. The standard InChI is InChI=1S/C29H29ClN6O2/c1-3-25(38)35-14-4-5-22(16-35)36-29-26(28(31)32-17-33-29)27(34-36)20-9-6-19(7-10-20)8-13-24(37)23-12-11-21(30)15-18(23)2/h3,6-7,9-12,15,17,22H,1,4-5,8,13-14,16H2,2H3,(H2,31,32,33). The van der Waals surface area contributed by atoms with E-state index in [1.807, 2.05) is 41.9 Å². The summed E-state index contributed by atoms with van der Waals surface area (Å²) in [5.41, 5.74) is 11.2. The molecule has 0 spiro atoms. The van der Waals surface area contributed by atoms with Gasteiger partial charge in [0.05, 0.1) is 11.4 Å². The summed E-state index contributed by atoms with van der Waals surface area (Å²) in [6.45, 7) is 6.75. The molecule has 1 unspecified atom stereocenters. The van der Waals surface area contributed by atoms with Gasteiger partial charge in [0.25, 0.3) is 0 Å². The molecule has 2 aromatic carbocycles. The highest BCUT2D eigenvalue weighted by molar-refractivity contribution is 6.30. The van der Waals surface area contributed by atoms with Crippen LogP contribution in [-0.2, 0) is 11.2 Å². The molecule has 1 fully saturated rings. The van der Waals surface area contributed by atoms with Crippen molar-refractivity contribution in [2.24, 2.45) is 0 Å². The highest BCUT2D eigenvalue weighted by Crippen LogP contribution is 2.34. The van der Waals surface area contributed by atoms with Crippen LogP contribution in [0.15, 0.2) is 61.4 Å². The summed E-state index contributed by atoms with van der Waals surface area (Å²) >= 11 is 6.02. The molecule has 0 aliphatic carbocycles. The number of aryl methyl sites for hydroxylation is 2. The number of likely N-dealkylation sites (tertiary alicyclic amines) is 1. The predicted molar refractivity (Wildman–Crippen MR) is 149 cm³/mol. The van der Waals surface area contributed by atoms with E-state index in [1.165, 1.54) is 12.4 Å². The van der Waals surface area contributed by atoms with E-state index in [0.29, 0.717) is 59.1 Å². The van der Waals surface area contributed by atoms with Gasteiger partial charge in [0.2, 0.25) is 5.91 Å². The number of amides is 1. The number of halogens is 1. The largest absolute Gasteiger partial charge is 0.383 e. The second-order valence-corrected chi connectivity index (χ2v) is 10.1. The number of piperidine rings is 1. The van der Waals surface area contributed by atoms with Gasteiger partial charge in [0, 0.05) is 35.7 Å². The molecule has 1 saturated heterocycles. The van der Waals surface area contributed by atoms with Crippen molar-refractivity contribution in [1.82, 2.24) is 24.6 Å². The fourth-order valence-corrected chi connectivity index (χ4v) is 5.32. The third-order valence-corrected chi connectivity index (χ3v) is 7.34. The molecule has 4 aromatic rings. The van der Waals surface area contributed by atoms with E-state index in [0.717, 1.165) is 29.5 Å². The predicted octanol–water partition coefficient (Wildman–Crippen LogP) is 5.20. The number of carbonyl (C=O) groups is 2. The number of aromatic nitrogens is 4. The van der Waals surface area contributed by atoms with Gasteiger partial charge in [-0.05, 0) is 61.6 Å². The quantitative estimate of drug-likeness (QED) is 0.261. The maximum atomic E-state index is 12.7. The van der Waals surface area contributed by atoms with Crippen LogP contribution in [0.4, 0.5) is 5.82 Å². The number of benzene rings is 2. The molecule has 38 heavy (non-hydrogen) atoms. The molecule has 2 N–H and O–H groups in total. The first kappa shape index (κ1) is 25.6. The lowest BCUT2D eigenvalue weighted by Crippen LogP contribution is -2.40. The number of fused-ring (bicyclic) bond motifs is 1. The number of anilines is 1. The van der Waals surface area contributed by atoms with Gasteiger partial charge in [-0.25, -0.2) is 14.6 Å². The van der Waals surface area contributed by atoms with E-state index < -0.39 is 0 Å². The van der Waals surface area contributed by atoms with E-state index in [2.05, 4.69) is 16.5 Å². The van der Waals surface area contributed by atoms with E-state index in [1.54, 1.807) is 17.0 Å². The molecule has 194 valence electrons. The van der Waals surface area contributed by atoms with Crippen molar-refractivity contribution < 1.29 is 9.59 Å². The Labute approximate surface area is 226 Å². The molecule has 3 heterocycles. The Bertz CT molecular complexity index is 1530. The third-order valence-electron chi connectivity index (χ3n) is 7.10. The van der Waals surface area contributed by atoms with Gasteiger partial charge in [0.1, 0.15) is 17.8 Å². The molecule has 0 radical (unpaired) electrons. The molecule has 0 saturated carbocycles. The minimum absolute atomic E-state index is 0.0280. The minimum atomic E-state index is -0.0826. The molecule has 8 nitrogen and oxygen atoms in total. The van der Waals surface area contributed by atoms with Crippen LogP contribution in [0.25, 0.3) is 22.3 Å². The van der Waals surface area contributed by atoms with Gasteiger partial charge in [-0.15, -0.1) is 0 Å². The van der Waals surface area contributed by atoms with E-state index >= 15 is 0 Å². The Morgan fingerprint density at radius 2 is 1.97 bits per heavy atom. The van der Waals surface area contributed by atoms with Gasteiger partial charge in [-0.2, -0.15) is 5.10 Å². The first-order valence-electron chi connectivity index (χ1n) is 12.6. The van der Waals surface area contributed by atoms with Gasteiger partial charge >= 0.3 is 0 Å². The molecule has 0 bridgehead atoms. The van der Waals surface area contributed by atoms with Crippen molar-refractivity contribution in [3.05, 3.63) is 83.2 Å². The van der Waals surface area contributed by atoms with Crippen LogP contribution in [-0.4, -0.2) is 49.4 Å². The van der Waals surface area contributed by atoms with Crippen LogP contribution in [0, 0.1) is 6.92 Å². The number of nitrogen functional groups attached to an aromatic ring is 1. The van der Waals surface area contributed by atoms with Crippen molar-refractivity contribution in [2.75, 3.05) is 18.8 Å². The number of ketones is 1. The zero-order valence-corrected chi connectivity index (χ0v) is 22.0. The first-order valence-corrected chi connectivity index (χ1v) is 13.0. The number of carbonyl (C=O) groups excluding carboxylic acids is 2. The smallest absolute Gasteiger partial charge is 0.246 e. The fourth-order valence-electron chi connectivity index (χ4n) is 5.10. The van der Waals surface area contributed by atoms with Crippen LogP contribution in [0.2, 0.25) is 5.02 Å². The molecule has 1 atom stereocenters. The summed E-state index contributed by atoms with van der Waals surface area (Å²) < 4.78 is 1.88. The maximum absolute atomic E-state index is 12.7. The first-order chi connectivity index (χ1) is 18.4. The summed E-state index contributed by atoms with van der Waals surface area (Å²) in [6, 6.07) is 13.3. The molecular formula is C29H29ClN6O2. The lowest BCUT2D eigenvalue weighted by Gasteiger charge is -2.32. The summed E-state index contributed by atoms with van der Waals surface area (Å²) in [5, 5.41) is 6.25. The monoisotopic (exact) mass is 528 g/mol. The Balaban J connectivity index is 1.39. The molecule has 5 rings (SSSR count). The average molecular weight is 529 g/mol. The van der Waals surface area contributed by atoms with Crippen molar-refractivity contribution in [3.63, 3.8) is 0 Å². The number of Topliss-reactive ketones (excluding diaryl/α,β-unsaturated/α-hetero) is 1. The van der Waals surface area contributed by atoms with Crippen LogP contribution in [0.5, 0.6) is 0 Å². The van der Waals surface area contributed by atoms with Gasteiger partial charge < -0.3 is 10.6 Å². The number of hydrogen-bond acceptors (Lipinski definition) is 6. The van der Waals surface area contributed by atoms with Crippen molar-refractivity contribution in [2.45, 2.75) is 38.6 Å². The molecule has 1 aliphatic rings. The summed E-state index contributed by atoms with van der Waals surface area (Å²) in [7, 11) is 0. The van der Waals surface area contributed by atoms with Gasteiger partial charge in [0.15, 0.2) is 11.4 Å². The molecule has 1 amide bonds. The molecular weight excluding hydrogens is 500 g/mol. The lowest BCUT2D eigenvalue weighted by atomic mass is 9.98. The Kier molecular flexibility index (Phi) is 7.24. The molecule has 1 aliphatic heterocycles. The fraction of sp³-hybridized carbons (Fsp3) is 0.276. The normalized spacial score (nSPS) is 15.5.